The molecule has 8 nitrogen and oxygen atoms in total. The molecule has 0 heterocycles. The van der Waals surface area contributed by atoms with Crippen molar-refractivity contribution in [2.75, 3.05) is 40.9 Å². The Kier molecular flexibility index (Phi) is 28.4. The summed E-state index contributed by atoms with van der Waals surface area (Å²) in [6.45, 7) is 3.98. The highest BCUT2D eigenvalue weighted by Gasteiger charge is 2.28. The van der Waals surface area contributed by atoms with Crippen LogP contribution in [0, 0.1) is 0 Å². The van der Waals surface area contributed by atoms with Crippen LogP contribution in [0.25, 0.3) is 0 Å². The summed E-state index contributed by atoms with van der Waals surface area (Å²) in [6.07, 6.45) is 30.4. The molecule has 3 N–H and O–H groups in total. The van der Waals surface area contributed by atoms with E-state index >= 15 is 0 Å². The van der Waals surface area contributed by atoms with Crippen molar-refractivity contribution in [2.24, 2.45) is 0 Å². The number of nitrogens with one attached hydrogen (secondary N) is 1. The molecule has 0 aromatic rings. The Morgan fingerprint density at radius 2 is 1.05 bits per heavy atom. The molecule has 0 aliphatic rings. The molecule has 0 aromatic carbocycles. The molecule has 1 amide bonds. The second-order valence-corrected chi connectivity index (χ2v) is 15.5. The van der Waals surface area contributed by atoms with Crippen LogP contribution >= 0.6 is 7.82 Å². The fourth-order valence-corrected chi connectivity index (χ4v) is 6.23. The number of likely N-dealkylation sites (N-methyl/N-ethyl adjacent to an activating group) is 1. The zero-order valence-electron chi connectivity index (χ0n) is 29.7. The van der Waals surface area contributed by atoms with Crippen LogP contribution in [0.4, 0.5) is 0 Å². The van der Waals surface area contributed by atoms with E-state index in [-0.39, 0.29) is 19.1 Å². The number of aliphatic hydroxyl groups is 1. The number of carbonyl (C=O) groups excluding carboxylic acids is 1. The third kappa shape index (κ3) is 31.5. The predicted molar refractivity (Wildman–Crippen MR) is 185 cm³/mol. The Bertz CT molecular complexity index is 703. The van der Waals surface area contributed by atoms with Gasteiger partial charge in [0.15, 0.2) is 0 Å². The van der Waals surface area contributed by atoms with Gasteiger partial charge in [0, 0.05) is 6.92 Å². The highest BCUT2D eigenvalue weighted by atomic mass is 31.2. The molecular weight excluding hydrogens is 575 g/mol. The van der Waals surface area contributed by atoms with Gasteiger partial charge in [0.25, 0.3) is 0 Å². The van der Waals surface area contributed by atoms with E-state index in [1.807, 2.05) is 21.1 Å². The first kappa shape index (κ1) is 43.5. The number of aliphatic hydroxyl groups excluding tert-OH is 1. The molecule has 0 radical (unpaired) electrons. The number of rotatable bonds is 33. The predicted octanol–water partition coefficient (Wildman–Crippen LogP) is 9.07. The number of hydrogen-bond acceptors (Lipinski definition) is 5. The van der Waals surface area contributed by atoms with Crippen LogP contribution in [0.2, 0.25) is 0 Å². The highest BCUT2D eigenvalue weighted by Crippen LogP contribution is 2.43. The molecule has 264 valence electrons. The Morgan fingerprint density at radius 3 is 1.39 bits per heavy atom. The number of carbonyl (C=O) groups is 1. The van der Waals surface area contributed by atoms with Crippen molar-refractivity contribution in [2.45, 2.75) is 180 Å². The molecule has 0 aliphatic heterocycles. The SMILES string of the molecule is CCCCCCCCCCCCCCCCCCCCCCCCCC(O)C(COP(=O)(O)OCC[N+](C)(C)C)NC(C)=O. The van der Waals surface area contributed by atoms with Crippen LogP contribution < -0.4 is 5.32 Å². The Labute approximate surface area is 272 Å². The molecule has 0 aliphatic carbocycles. The van der Waals surface area contributed by atoms with Gasteiger partial charge in [-0.1, -0.05) is 155 Å². The van der Waals surface area contributed by atoms with Crippen molar-refractivity contribution in [3.8, 4) is 0 Å². The summed E-state index contributed by atoms with van der Waals surface area (Å²) in [5.74, 6) is -0.319. The van der Waals surface area contributed by atoms with Gasteiger partial charge >= 0.3 is 7.82 Å². The zero-order valence-corrected chi connectivity index (χ0v) is 30.6. The van der Waals surface area contributed by atoms with Crippen LogP contribution in [0.15, 0.2) is 0 Å². The van der Waals surface area contributed by atoms with Crippen molar-refractivity contribution in [3.05, 3.63) is 0 Å². The standard InChI is InChI=1S/C35H73N2O6P/c1-6-7-8-9-10-11-12-13-14-15-16-17-18-19-20-21-22-23-24-25-26-27-28-29-35(39)34(36-33(2)38)32-43-44(40,41)42-31-30-37(3,4)5/h34-35,39H,6-32H2,1-5H3,(H-,36,38,40,41)/p+1. The molecule has 0 saturated heterocycles. The van der Waals surface area contributed by atoms with Gasteiger partial charge in [0.1, 0.15) is 13.2 Å². The molecular formula is C35H74N2O6P+. The van der Waals surface area contributed by atoms with Gasteiger partial charge in [-0.25, -0.2) is 4.57 Å². The van der Waals surface area contributed by atoms with Crippen molar-refractivity contribution in [1.82, 2.24) is 5.32 Å². The lowest BCUT2D eigenvalue weighted by Gasteiger charge is -2.26. The Hall–Kier alpha value is -0.500. The summed E-state index contributed by atoms with van der Waals surface area (Å²) in [5, 5.41) is 13.2. The molecule has 0 fully saturated rings. The van der Waals surface area contributed by atoms with Gasteiger partial charge in [0.05, 0.1) is 39.9 Å². The lowest BCUT2D eigenvalue weighted by Crippen LogP contribution is -2.45. The van der Waals surface area contributed by atoms with Gasteiger partial charge in [0.2, 0.25) is 5.91 Å². The van der Waals surface area contributed by atoms with Crippen LogP contribution in [0.3, 0.4) is 0 Å². The lowest BCUT2D eigenvalue weighted by atomic mass is 10.0. The van der Waals surface area contributed by atoms with E-state index < -0.39 is 20.0 Å². The molecule has 3 unspecified atom stereocenters. The van der Waals surface area contributed by atoms with Crippen LogP contribution in [0.5, 0.6) is 0 Å². The summed E-state index contributed by atoms with van der Waals surface area (Å²) in [4.78, 5) is 21.6. The zero-order chi connectivity index (χ0) is 32.9. The highest BCUT2D eigenvalue weighted by molar-refractivity contribution is 7.47. The number of amides is 1. The van der Waals surface area contributed by atoms with E-state index in [2.05, 4.69) is 12.2 Å². The van der Waals surface area contributed by atoms with E-state index in [0.29, 0.717) is 17.4 Å². The van der Waals surface area contributed by atoms with Crippen molar-refractivity contribution >= 4 is 13.7 Å². The van der Waals surface area contributed by atoms with E-state index in [9.17, 15) is 19.4 Å². The molecule has 0 saturated carbocycles. The number of quaternary nitrogens is 1. The molecule has 9 heteroatoms. The second kappa shape index (κ2) is 28.7. The third-order valence-electron chi connectivity index (χ3n) is 8.39. The topological polar surface area (TPSA) is 105 Å². The maximum Gasteiger partial charge on any atom is 0.472 e. The van der Waals surface area contributed by atoms with Crippen LogP contribution in [0.1, 0.15) is 168 Å². The smallest absolute Gasteiger partial charge is 0.391 e. The third-order valence-corrected chi connectivity index (χ3v) is 9.37. The number of phosphoric acid groups is 1. The maximum absolute atomic E-state index is 12.2. The Balaban J connectivity index is 3.68. The van der Waals surface area contributed by atoms with E-state index in [1.165, 1.54) is 135 Å². The van der Waals surface area contributed by atoms with Crippen molar-refractivity contribution in [1.29, 1.82) is 0 Å². The summed E-state index contributed by atoms with van der Waals surface area (Å²) in [7, 11) is 1.61. The van der Waals surface area contributed by atoms with Gasteiger partial charge in [-0.15, -0.1) is 0 Å². The van der Waals surface area contributed by atoms with Gasteiger partial charge in [-0.3, -0.25) is 13.8 Å². The fourth-order valence-electron chi connectivity index (χ4n) is 5.49. The van der Waals surface area contributed by atoms with Gasteiger partial charge < -0.3 is 19.8 Å². The lowest BCUT2D eigenvalue weighted by molar-refractivity contribution is -0.870. The fraction of sp³-hybridized carbons (Fsp3) is 0.971. The minimum atomic E-state index is -4.26. The molecule has 0 bridgehead atoms. The minimum Gasteiger partial charge on any atom is -0.391 e. The molecule has 0 aromatic heterocycles. The first-order valence-electron chi connectivity index (χ1n) is 18.3. The summed E-state index contributed by atoms with van der Waals surface area (Å²) < 4.78 is 22.9. The van der Waals surface area contributed by atoms with Crippen LogP contribution in [-0.2, 0) is 18.4 Å². The van der Waals surface area contributed by atoms with Gasteiger partial charge in [-0.2, -0.15) is 0 Å². The number of unbranched alkanes of at least 4 members (excludes halogenated alkanes) is 22. The largest absolute Gasteiger partial charge is 0.472 e. The number of nitrogens with zero attached hydrogens (tertiary/aromatic N) is 1. The second-order valence-electron chi connectivity index (χ2n) is 14.1. The van der Waals surface area contributed by atoms with Crippen molar-refractivity contribution < 1.29 is 32.9 Å². The molecule has 0 rings (SSSR count). The monoisotopic (exact) mass is 650 g/mol. The average molecular weight is 650 g/mol. The van der Waals surface area contributed by atoms with E-state index in [0.717, 1.165) is 19.3 Å². The summed E-state index contributed by atoms with van der Waals surface area (Å²) in [6, 6.07) is -0.755. The van der Waals surface area contributed by atoms with Gasteiger partial charge in [-0.05, 0) is 6.42 Å². The number of phosphoric ester groups is 1. The maximum atomic E-state index is 12.2. The summed E-state index contributed by atoms with van der Waals surface area (Å²) >= 11 is 0. The van der Waals surface area contributed by atoms with E-state index in [4.69, 9.17) is 9.05 Å². The first-order valence-corrected chi connectivity index (χ1v) is 19.8. The molecule has 3 atom stereocenters. The number of hydrogen-bond donors (Lipinski definition) is 3. The van der Waals surface area contributed by atoms with Crippen molar-refractivity contribution in [3.63, 3.8) is 0 Å². The first-order chi connectivity index (χ1) is 21.0. The van der Waals surface area contributed by atoms with E-state index in [1.54, 1.807) is 0 Å². The average Bonchev–Trinajstić information content (AvgIpc) is 2.94. The molecule has 44 heavy (non-hydrogen) atoms. The summed E-state index contributed by atoms with van der Waals surface area (Å²) in [5.41, 5.74) is 0. The quantitative estimate of drug-likeness (QED) is 0.0372. The Morgan fingerprint density at radius 1 is 0.682 bits per heavy atom. The normalized spacial score (nSPS) is 14.8. The molecule has 0 spiro atoms. The minimum absolute atomic E-state index is 0.0736. The van der Waals surface area contributed by atoms with Crippen LogP contribution in [-0.4, -0.2) is 73.4 Å².